The zero-order chi connectivity index (χ0) is 9.90. The fourth-order valence-electron chi connectivity index (χ4n) is 1.59. The summed E-state index contributed by atoms with van der Waals surface area (Å²) in [6.07, 6.45) is 4.18. The summed E-state index contributed by atoms with van der Waals surface area (Å²) in [4.78, 5) is 11.4. The molecule has 74 valence electrons. The van der Waals surface area contributed by atoms with E-state index in [0.717, 1.165) is 18.4 Å². The van der Waals surface area contributed by atoms with E-state index in [-0.39, 0.29) is 18.0 Å². The maximum absolute atomic E-state index is 11.4. The van der Waals surface area contributed by atoms with Gasteiger partial charge in [0, 0.05) is 0 Å². The van der Waals surface area contributed by atoms with E-state index in [2.05, 4.69) is 0 Å². The van der Waals surface area contributed by atoms with E-state index < -0.39 is 0 Å². The van der Waals surface area contributed by atoms with Crippen molar-refractivity contribution in [2.45, 2.75) is 26.2 Å². The molecule has 1 atom stereocenters. The molecule has 1 rings (SSSR count). The van der Waals surface area contributed by atoms with Gasteiger partial charge in [0.15, 0.2) is 0 Å². The molecule has 13 heavy (non-hydrogen) atoms. The predicted octanol–water partition coefficient (Wildman–Crippen LogP) is 1.27. The summed E-state index contributed by atoms with van der Waals surface area (Å²) in [6, 6.07) is 0. The lowest BCUT2D eigenvalue weighted by Crippen LogP contribution is -2.30. The monoisotopic (exact) mass is 184 g/mol. The molecule has 1 aliphatic carbocycles. The van der Waals surface area contributed by atoms with Crippen molar-refractivity contribution in [1.82, 2.24) is 0 Å². The lowest BCUT2D eigenvalue weighted by atomic mass is 9.77. The van der Waals surface area contributed by atoms with Crippen LogP contribution in [0.5, 0.6) is 0 Å². The molecule has 0 saturated carbocycles. The van der Waals surface area contributed by atoms with E-state index >= 15 is 0 Å². The Labute approximate surface area is 78.4 Å². The molecule has 3 heteroatoms. The van der Waals surface area contributed by atoms with Crippen molar-refractivity contribution in [2.75, 3.05) is 13.7 Å². The van der Waals surface area contributed by atoms with Crippen molar-refractivity contribution in [3.05, 3.63) is 11.6 Å². The molecule has 1 unspecified atom stereocenters. The number of methoxy groups -OCH3 is 1. The van der Waals surface area contributed by atoms with Gasteiger partial charge in [-0.2, -0.15) is 0 Å². The van der Waals surface area contributed by atoms with E-state index in [1.165, 1.54) is 7.11 Å². The van der Waals surface area contributed by atoms with Crippen LogP contribution in [0.25, 0.3) is 0 Å². The van der Waals surface area contributed by atoms with Gasteiger partial charge in [-0.25, -0.2) is 0 Å². The van der Waals surface area contributed by atoms with Gasteiger partial charge in [0.25, 0.3) is 0 Å². The van der Waals surface area contributed by atoms with Crippen LogP contribution >= 0.6 is 0 Å². The van der Waals surface area contributed by atoms with Crippen LogP contribution in [-0.4, -0.2) is 24.8 Å². The highest BCUT2D eigenvalue weighted by atomic mass is 16.5. The molecular formula is C10H16O3. The minimum absolute atomic E-state index is 0.108. The predicted molar refractivity (Wildman–Crippen MR) is 49.1 cm³/mol. The van der Waals surface area contributed by atoms with Crippen molar-refractivity contribution < 1.29 is 14.6 Å². The number of hydrogen-bond acceptors (Lipinski definition) is 3. The van der Waals surface area contributed by atoms with Crippen LogP contribution in [0.15, 0.2) is 11.6 Å². The molecule has 0 bridgehead atoms. The van der Waals surface area contributed by atoms with Crippen molar-refractivity contribution in [3.63, 3.8) is 0 Å². The normalized spacial score (nSPS) is 28.1. The number of ether oxygens (including phenoxy) is 1. The second-order valence-corrected chi connectivity index (χ2v) is 3.78. The quantitative estimate of drug-likeness (QED) is 0.519. The van der Waals surface area contributed by atoms with Gasteiger partial charge < -0.3 is 9.84 Å². The lowest BCUT2D eigenvalue weighted by molar-refractivity contribution is -0.152. The van der Waals surface area contributed by atoms with Gasteiger partial charge in [-0.15, -0.1) is 0 Å². The van der Waals surface area contributed by atoms with Crippen LogP contribution in [0.1, 0.15) is 26.2 Å². The van der Waals surface area contributed by atoms with Crippen LogP contribution < -0.4 is 0 Å². The van der Waals surface area contributed by atoms with Crippen molar-refractivity contribution >= 4 is 5.97 Å². The van der Waals surface area contributed by atoms with Gasteiger partial charge in [-0.1, -0.05) is 6.08 Å². The third-order valence-electron chi connectivity index (χ3n) is 2.72. The summed E-state index contributed by atoms with van der Waals surface area (Å²) in [6.45, 7) is 2.01. The molecule has 0 spiro atoms. The molecule has 0 aromatic rings. The average Bonchev–Trinajstić information content (AvgIpc) is 2.18. The Hall–Kier alpha value is -0.830. The molecule has 0 radical (unpaired) electrons. The standard InChI is InChI=1S/C10H16O3/c1-10(9(12)13-2)5-3-8(7-11)4-6-10/h3,11H,4-7H2,1-2H3. The van der Waals surface area contributed by atoms with E-state index in [0.29, 0.717) is 6.42 Å². The minimum atomic E-state index is -0.382. The van der Waals surface area contributed by atoms with Crippen molar-refractivity contribution in [1.29, 1.82) is 0 Å². The van der Waals surface area contributed by atoms with Crippen molar-refractivity contribution in [2.24, 2.45) is 5.41 Å². The molecule has 0 fully saturated rings. The molecule has 0 saturated heterocycles. The summed E-state index contributed by atoms with van der Waals surface area (Å²) in [5.41, 5.74) is 0.648. The Bertz CT molecular complexity index is 232. The Balaban J connectivity index is 2.66. The smallest absolute Gasteiger partial charge is 0.311 e. The SMILES string of the molecule is COC(=O)C1(C)CC=C(CO)CC1. The Kier molecular flexibility index (Phi) is 3.09. The molecule has 1 aliphatic rings. The minimum Gasteiger partial charge on any atom is -0.469 e. The number of carbonyl (C=O) groups excluding carboxylic acids is 1. The average molecular weight is 184 g/mol. The third kappa shape index (κ3) is 2.10. The molecule has 0 amide bonds. The summed E-state index contributed by atoms with van der Waals surface area (Å²) < 4.78 is 4.73. The number of aliphatic hydroxyl groups is 1. The number of carbonyl (C=O) groups is 1. The fourth-order valence-corrected chi connectivity index (χ4v) is 1.59. The van der Waals surface area contributed by atoms with E-state index in [9.17, 15) is 4.79 Å². The van der Waals surface area contributed by atoms with E-state index in [1.54, 1.807) is 0 Å². The number of rotatable bonds is 2. The first-order valence-electron chi connectivity index (χ1n) is 4.49. The van der Waals surface area contributed by atoms with Crippen LogP contribution in [0.4, 0.5) is 0 Å². The number of esters is 1. The first kappa shape index (κ1) is 10.3. The number of allylic oxidation sites excluding steroid dienone is 1. The molecule has 3 nitrogen and oxygen atoms in total. The zero-order valence-corrected chi connectivity index (χ0v) is 8.17. The van der Waals surface area contributed by atoms with Gasteiger partial charge >= 0.3 is 5.97 Å². The molecule has 1 N–H and O–H groups in total. The first-order valence-corrected chi connectivity index (χ1v) is 4.49. The van der Waals surface area contributed by atoms with Crippen LogP contribution in [-0.2, 0) is 9.53 Å². The summed E-state index contributed by atoms with van der Waals surface area (Å²) >= 11 is 0. The first-order chi connectivity index (χ1) is 6.12. The number of hydrogen-bond donors (Lipinski definition) is 1. The largest absolute Gasteiger partial charge is 0.469 e. The maximum Gasteiger partial charge on any atom is 0.311 e. The van der Waals surface area contributed by atoms with E-state index in [4.69, 9.17) is 9.84 Å². The van der Waals surface area contributed by atoms with Gasteiger partial charge in [0.05, 0.1) is 19.1 Å². The highest BCUT2D eigenvalue weighted by Crippen LogP contribution is 2.35. The van der Waals surface area contributed by atoms with Crippen LogP contribution in [0.3, 0.4) is 0 Å². The number of aliphatic hydroxyl groups excluding tert-OH is 1. The summed E-state index contributed by atoms with van der Waals surface area (Å²) in [7, 11) is 1.42. The Morgan fingerprint density at radius 3 is 2.85 bits per heavy atom. The highest BCUT2D eigenvalue weighted by molar-refractivity contribution is 5.76. The Morgan fingerprint density at radius 1 is 1.77 bits per heavy atom. The zero-order valence-electron chi connectivity index (χ0n) is 8.17. The molecule has 0 heterocycles. The fraction of sp³-hybridized carbons (Fsp3) is 0.700. The third-order valence-corrected chi connectivity index (χ3v) is 2.72. The second-order valence-electron chi connectivity index (χ2n) is 3.78. The summed E-state index contributed by atoms with van der Waals surface area (Å²) in [5.74, 6) is -0.152. The lowest BCUT2D eigenvalue weighted by Gasteiger charge is -2.29. The van der Waals surface area contributed by atoms with Crippen molar-refractivity contribution in [3.8, 4) is 0 Å². The van der Waals surface area contributed by atoms with Gasteiger partial charge in [0.1, 0.15) is 0 Å². The van der Waals surface area contributed by atoms with Gasteiger partial charge in [0.2, 0.25) is 0 Å². The van der Waals surface area contributed by atoms with E-state index in [1.807, 2.05) is 13.0 Å². The second kappa shape index (κ2) is 3.92. The Morgan fingerprint density at radius 2 is 2.46 bits per heavy atom. The highest BCUT2D eigenvalue weighted by Gasteiger charge is 2.35. The van der Waals surface area contributed by atoms with Crippen LogP contribution in [0.2, 0.25) is 0 Å². The van der Waals surface area contributed by atoms with Gasteiger partial charge in [-0.05, 0) is 31.8 Å². The molecule has 0 aromatic carbocycles. The van der Waals surface area contributed by atoms with Gasteiger partial charge in [-0.3, -0.25) is 4.79 Å². The molecule has 0 aromatic heterocycles. The maximum atomic E-state index is 11.4. The topological polar surface area (TPSA) is 46.5 Å². The molecular weight excluding hydrogens is 168 g/mol. The molecule has 0 aliphatic heterocycles. The van der Waals surface area contributed by atoms with Crippen LogP contribution in [0, 0.1) is 5.41 Å². The summed E-state index contributed by atoms with van der Waals surface area (Å²) in [5, 5.41) is 8.87.